The Morgan fingerprint density at radius 3 is 2.22 bits per heavy atom. The van der Waals surface area contributed by atoms with Gasteiger partial charge in [-0.3, -0.25) is 4.98 Å². The first kappa shape index (κ1) is 26.0. The Kier molecular flexibility index (Phi) is 7.28. The van der Waals surface area contributed by atoms with Gasteiger partial charge in [0.2, 0.25) is 0 Å². The van der Waals surface area contributed by atoms with Crippen molar-refractivity contribution in [2.24, 2.45) is 0 Å². The Balaban J connectivity index is 1.58. The van der Waals surface area contributed by atoms with Gasteiger partial charge in [0.25, 0.3) is 0 Å². The molecule has 12 heteroatoms. The van der Waals surface area contributed by atoms with Crippen molar-refractivity contribution in [2.45, 2.75) is 62.8 Å². The molecule has 1 heterocycles. The van der Waals surface area contributed by atoms with Crippen LogP contribution in [0.15, 0.2) is 53.3 Å². The van der Waals surface area contributed by atoms with E-state index in [2.05, 4.69) is 20.5 Å². The lowest BCUT2D eigenvalue weighted by Crippen LogP contribution is -2.35. The normalized spacial score (nSPS) is 21.6. The van der Waals surface area contributed by atoms with Crippen molar-refractivity contribution in [1.29, 1.82) is 0 Å². The summed E-state index contributed by atoms with van der Waals surface area (Å²) < 4.78 is 86.0. The number of halogens is 6. The highest BCUT2D eigenvalue weighted by Crippen LogP contribution is 2.42. The number of nitrogens with zero attached hydrogens (tertiary/aromatic N) is 1. The number of nitrogens with one attached hydrogen (secondary N) is 3. The number of aromatic amines is 2. The van der Waals surface area contributed by atoms with Crippen LogP contribution in [0.5, 0.6) is 0 Å². The second-order valence-corrected chi connectivity index (χ2v) is 8.78. The van der Waals surface area contributed by atoms with E-state index in [0.29, 0.717) is 30.8 Å². The van der Waals surface area contributed by atoms with Gasteiger partial charge in [0.1, 0.15) is 5.82 Å². The molecule has 1 fully saturated rings. The van der Waals surface area contributed by atoms with E-state index in [1.165, 1.54) is 6.92 Å². The molecule has 4 atom stereocenters. The van der Waals surface area contributed by atoms with Gasteiger partial charge in [0.15, 0.2) is 0 Å². The smallest absolute Gasteiger partial charge is 0.370 e. The largest absolute Gasteiger partial charge is 0.416 e. The van der Waals surface area contributed by atoms with Crippen LogP contribution in [0, 0.1) is 0 Å². The van der Waals surface area contributed by atoms with Crippen LogP contribution in [0.3, 0.4) is 0 Å². The van der Waals surface area contributed by atoms with Gasteiger partial charge in [-0.1, -0.05) is 30.3 Å². The summed E-state index contributed by atoms with van der Waals surface area (Å²) in [5, 5.41) is 9.48. The second-order valence-electron chi connectivity index (χ2n) is 8.78. The fourth-order valence-corrected chi connectivity index (χ4v) is 4.64. The number of ether oxygens (including phenoxy) is 1. The molecule has 1 aliphatic rings. The molecule has 1 aromatic heterocycles. The maximum atomic E-state index is 13.3. The van der Waals surface area contributed by atoms with Crippen LogP contribution in [0.2, 0.25) is 0 Å². The standard InChI is InChI=1S/C24H24F6N4O2/c1-13(15-9-16(23(25,26)27)11-17(10-15)24(28,29)30)36-19-8-7-18(21(19)14-5-3-2-4-6-14)31-12-20-32-22(35)34-33-20/h2-6,9-11,13,18-19,21,31H,7-8,12H2,1H3,(H2,32,33,34,35)/t13-,18-,19+,21+/m1/s1. The summed E-state index contributed by atoms with van der Waals surface area (Å²) in [7, 11) is 0. The maximum absolute atomic E-state index is 13.3. The zero-order valence-corrected chi connectivity index (χ0v) is 19.1. The molecule has 1 saturated carbocycles. The van der Waals surface area contributed by atoms with Gasteiger partial charge >= 0.3 is 18.0 Å². The zero-order valence-electron chi connectivity index (χ0n) is 19.1. The summed E-state index contributed by atoms with van der Waals surface area (Å²) in [6.45, 7) is 1.71. The molecular formula is C24H24F6N4O2. The second kappa shape index (κ2) is 10.1. The highest BCUT2D eigenvalue weighted by Gasteiger charge is 2.40. The average molecular weight is 514 g/mol. The van der Waals surface area contributed by atoms with Crippen LogP contribution < -0.4 is 11.0 Å². The summed E-state index contributed by atoms with van der Waals surface area (Å²) in [5.74, 6) is 0.181. The molecular weight excluding hydrogens is 490 g/mol. The first-order valence-electron chi connectivity index (χ1n) is 11.3. The molecule has 2 aromatic carbocycles. The monoisotopic (exact) mass is 514 g/mol. The Morgan fingerprint density at radius 1 is 1.03 bits per heavy atom. The van der Waals surface area contributed by atoms with Crippen molar-refractivity contribution in [3.8, 4) is 0 Å². The minimum Gasteiger partial charge on any atom is -0.370 e. The Morgan fingerprint density at radius 2 is 1.67 bits per heavy atom. The third-order valence-electron chi connectivity index (χ3n) is 6.32. The lowest BCUT2D eigenvalue weighted by Gasteiger charge is -2.29. The van der Waals surface area contributed by atoms with E-state index in [0.717, 1.165) is 5.56 Å². The number of hydrogen-bond donors (Lipinski definition) is 3. The number of rotatable bonds is 7. The average Bonchev–Trinajstić information content (AvgIpc) is 3.42. The molecule has 0 bridgehead atoms. The molecule has 3 aromatic rings. The summed E-state index contributed by atoms with van der Waals surface area (Å²) in [5.41, 5.74) is -2.47. The number of alkyl halides is 6. The summed E-state index contributed by atoms with van der Waals surface area (Å²) in [6.07, 6.45) is -10.2. The third kappa shape index (κ3) is 5.98. The topological polar surface area (TPSA) is 82.8 Å². The van der Waals surface area contributed by atoms with Crippen molar-refractivity contribution in [2.75, 3.05) is 0 Å². The van der Waals surface area contributed by atoms with E-state index in [1.807, 2.05) is 30.3 Å². The highest BCUT2D eigenvalue weighted by molar-refractivity contribution is 5.35. The Labute approximate surface area is 202 Å². The molecule has 36 heavy (non-hydrogen) atoms. The molecule has 4 rings (SSSR count). The predicted octanol–water partition coefficient (Wildman–Crippen LogP) is 5.32. The van der Waals surface area contributed by atoms with Gasteiger partial charge in [-0.05, 0) is 49.1 Å². The van der Waals surface area contributed by atoms with Crippen LogP contribution in [-0.2, 0) is 23.6 Å². The molecule has 194 valence electrons. The SMILES string of the molecule is C[C@@H](O[C@H]1CC[C@@H](NCc2n[nH]c(=O)[nH]2)[C@@H]1c1ccccc1)c1cc(C(F)(F)F)cc(C(F)(F)F)c1. The minimum atomic E-state index is -4.93. The van der Waals surface area contributed by atoms with E-state index in [-0.39, 0.29) is 30.1 Å². The lowest BCUT2D eigenvalue weighted by molar-refractivity contribution is -0.143. The van der Waals surface area contributed by atoms with Crippen LogP contribution in [0.4, 0.5) is 26.3 Å². The third-order valence-corrected chi connectivity index (χ3v) is 6.32. The van der Waals surface area contributed by atoms with Crippen molar-refractivity contribution in [3.63, 3.8) is 0 Å². The lowest BCUT2D eigenvalue weighted by atomic mass is 9.92. The van der Waals surface area contributed by atoms with Crippen molar-refractivity contribution in [1.82, 2.24) is 20.5 Å². The quantitative estimate of drug-likeness (QED) is 0.373. The summed E-state index contributed by atoms with van der Waals surface area (Å²) in [6, 6.07) is 10.7. The van der Waals surface area contributed by atoms with E-state index in [9.17, 15) is 31.1 Å². The van der Waals surface area contributed by atoms with Crippen molar-refractivity contribution < 1.29 is 31.1 Å². The molecule has 3 N–H and O–H groups in total. The number of benzene rings is 2. The summed E-state index contributed by atoms with van der Waals surface area (Å²) >= 11 is 0. The van der Waals surface area contributed by atoms with Crippen molar-refractivity contribution in [3.05, 3.63) is 87.1 Å². The Bertz CT molecular complexity index is 1190. The van der Waals surface area contributed by atoms with Crippen LogP contribution in [-0.4, -0.2) is 27.3 Å². The van der Waals surface area contributed by atoms with Crippen LogP contribution in [0.1, 0.15) is 59.9 Å². The molecule has 0 saturated heterocycles. The van der Waals surface area contributed by atoms with Gasteiger partial charge < -0.3 is 10.1 Å². The minimum absolute atomic E-state index is 0.109. The van der Waals surface area contributed by atoms with Gasteiger partial charge in [0.05, 0.1) is 29.9 Å². The highest BCUT2D eigenvalue weighted by atomic mass is 19.4. The van der Waals surface area contributed by atoms with Gasteiger partial charge in [-0.25, -0.2) is 9.89 Å². The van der Waals surface area contributed by atoms with Gasteiger partial charge in [0, 0.05) is 12.0 Å². The fraction of sp³-hybridized carbons (Fsp3) is 0.417. The van der Waals surface area contributed by atoms with Gasteiger partial charge in [-0.2, -0.15) is 31.4 Å². The van der Waals surface area contributed by atoms with Crippen LogP contribution in [0.25, 0.3) is 0 Å². The van der Waals surface area contributed by atoms with Crippen LogP contribution >= 0.6 is 0 Å². The first-order chi connectivity index (χ1) is 16.9. The molecule has 0 aliphatic heterocycles. The fourth-order valence-electron chi connectivity index (χ4n) is 4.64. The molecule has 0 radical (unpaired) electrons. The van der Waals surface area contributed by atoms with Crippen molar-refractivity contribution >= 4 is 0 Å². The summed E-state index contributed by atoms with van der Waals surface area (Å²) in [4.78, 5) is 13.8. The number of aromatic nitrogens is 3. The molecule has 0 unspecified atom stereocenters. The van der Waals surface area contributed by atoms with E-state index < -0.39 is 41.4 Å². The molecule has 0 amide bonds. The van der Waals surface area contributed by atoms with E-state index in [4.69, 9.17) is 4.74 Å². The molecule has 6 nitrogen and oxygen atoms in total. The predicted molar refractivity (Wildman–Crippen MR) is 118 cm³/mol. The van der Waals surface area contributed by atoms with Gasteiger partial charge in [-0.15, -0.1) is 0 Å². The van der Waals surface area contributed by atoms with E-state index in [1.54, 1.807) is 0 Å². The molecule has 1 aliphatic carbocycles. The first-order valence-corrected chi connectivity index (χ1v) is 11.3. The number of H-pyrrole nitrogens is 2. The van der Waals surface area contributed by atoms with E-state index >= 15 is 0 Å². The molecule has 0 spiro atoms. The zero-order chi connectivity index (χ0) is 26.1. The maximum Gasteiger partial charge on any atom is 0.416 e. The number of hydrogen-bond acceptors (Lipinski definition) is 4. The Hall–Kier alpha value is -3.12.